The highest BCUT2D eigenvalue weighted by Gasteiger charge is 2.25. The van der Waals surface area contributed by atoms with Gasteiger partial charge in [-0.05, 0) is 20.8 Å². The molecule has 1 aliphatic rings. The van der Waals surface area contributed by atoms with E-state index in [9.17, 15) is 4.79 Å². The van der Waals surface area contributed by atoms with Crippen LogP contribution in [0.15, 0.2) is 10.1 Å². The maximum absolute atomic E-state index is 11.6. The minimum absolute atomic E-state index is 0.343. The predicted octanol–water partition coefficient (Wildman–Crippen LogP) is 3.32. The molecule has 15 heavy (non-hydrogen) atoms. The molecule has 5 heteroatoms. The van der Waals surface area contributed by atoms with Crippen molar-refractivity contribution in [2.24, 2.45) is 0 Å². The normalized spacial score (nSPS) is 18.1. The lowest BCUT2D eigenvalue weighted by atomic mass is 10.2. The highest BCUT2D eigenvalue weighted by molar-refractivity contribution is 6.39. The van der Waals surface area contributed by atoms with Crippen molar-refractivity contribution in [1.29, 1.82) is 0 Å². The topological polar surface area (TPSA) is 29.5 Å². The molecule has 1 rings (SSSR count). The second-order valence-electron chi connectivity index (χ2n) is 4.46. The van der Waals surface area contributed by atoms with Crippen molar-refractivity contribution >= 4 is 29.3 Å². The Balaban J connectivity index is 2.57. The van der Waals surface area contributed by atoms with E-state index >= 15 is 0 Å². The van der Waals surface area contributed by atoms with Gasteiger partial charge in [-0.3, -0.25) is 0 Å². The molecule has 0 radical (unpaired) electrons. The quantitative estimate of drug-likeness (QED) is 0.661. The summed E-state index contributed by atoms with van der Waals surface area (Å²) < 4.78 is 5.22. The number of nitrogens with zero attached hydrogens (tertiary/aromatic N) is 1. The lowest BCUT2D eigenvalue weighted by Gasteiger charge is -2.29. The zero-order valence-corrected chi connectivity index (χ0v) is 10.7. The summed E-state index contributed by atoms with van der Waals surface area (Å²) in [4.78, 5) is 13.2. The number of carbonyl (C=O) groups excluding carboxylic acids is 1. The van der Waals surface area contributed by atoms with E-state index in [0.717, 1.165) is 0 Å². The van der Waals surface area contributed by atoms with Gasteiger partial charge >= 0.3 is 6.09 Å². The van der Waals surface area contributed by atoms with Crippen LogP contribution in [0.1, 0.15) is 27.2 Å². The lowest BCUT2D eigenvalue weighted by Crippen LogP contribution is -2.39. The number of amides is 1. The SMILES string of the molecule is CC(C)(C)OC(=O)N1CCC(Cl)=C(Cl)C1. The molecule has 86 valence electrons. The first kappa shape index (κ1) is 12.7. The van der Waals surface area contributed by atoms with Crippen molar-refractivity contribution in [1.82, 2.24) is 4.90 Å². The molecule has 0 aromatic heterocycles. The lowest BCUT2D eigenvalue weighted by molar-refractivity contribution is 0.0265. The van der Waals surface area contributed by atoms with Gasteiger partial charge in [-0.25, -0.2) is 4.79 Å². The molecular weight excluding hydrogens is 237 g/mol. The van der Waals surface area contributed by atoms with Crippen molar-refractivity contribution < 1.29 is 9.53 Å². The summed E-state index contributed by atoms with van der Waals surface area (Å²) in [5.41, 5.74) is -0.478. The summed E-state index contributed by atoms with van der Waals surface area (Å²) in [5, 5.41) is 1.16. The Morgan fingerprint density at radius 1 is 1.33 bits per heavy atom. The molecule has 0 bridgehead atoms. The summed E-state index contributed by atoms with van der Waals surface area (Å²) in [6.07, 6.45) is 0.254. The van der Waals surface area contributed by atoms with Crippen LogP contribution in [0.5, 0.6) is 0 Å². The summed E-state index contributed by atoms with van der Waals surface area (Å²) in [6, 6.07) is 0. The monoisotopic (exact) mass is 251 g/mol. The first-order valence-corrected chi connectivity index (χ1v) is 5.56. The van der Waals surface area contributed by atoms with Gasteiger partial charge in [-0.1, -0.05) is 23.2 Å². The van der Waals surface area contributed by atoms with E-state index in [1.165, 1.54) is 0 Å². The first-order chi connectivity index (χ1) is 6.79. The van der Waals surface area contributed by atoms with Crippen LogP contribution in [0.4, 0.5) is 4.79 Å². The second kappa shape index (κ2) is 4.62. The maximum Gasteiger partial charge on any atom is 0.410 e. The highest BCUT2D eigenvalue weighted by atomic mass is 35.5. The molecular formula is C10H15Cl2NO2. The molecule has 1 aliphatic heterocycles. The summed E-state index contributed by atoms with van der Waals surface area (Å²) in [7, 11) is 0. The van der Waals surface area contributed by atoms with Crippen LogP contribution in [0.25, 0.3) is 0 Å². The molecule has 0 saturated heterocycles. The van der Waals surface area contributed by atoms with Gasteiger partial charge in [0.15, 0.2) is 0 Å². The molecule has 0 atom stereocenters. The van der Waals surface area contributed by atoms with E-state index in [2.05, 4.69) is 0 Å². The number of carbonyl (C=O) groups is 1. The number of ether oxygens (including phenoxy) is 1. The maximum atomic E-state index is 11.6. The van der Waals surface area contributed by atoms with Crippen LogP contribution in [0.2, 0.25) is 0 Å². The Kier molecular flexibility index (Phi) is 3.90. The van der Waals surface area contributed by atoms with E-state index in [-0.39, 0.29) is 6.09 Å². The third-order valence-electron chi connectivity index (χ3n) is 1.88. The minimum Gasteiger partial charge on any atom is -0.444 e. The number of hydrogen-bond acceptors (Lipinski definition) is 2. The van der Waals surface area contributed by atoms with Crippen LogP contribution in [-0.2, 0) is 4.74 Å². The molecule has 0 saturated carbocycles. The van der Waals surface area contributed by atoms with Crippen molar-refractivity contribution in [3.8, 4) is 0 Å². The molecule has 1 amide bonds. The van der Waals surface area contributed by atoms with Crippen molar-refractivity contribution in [2.75, 3.05) is 13.1 Å². The van der Waals surface area contributed by atoms with Crippen LogP contribution in [0.3, 0.4) is 0 Å². The molecule has 3 nitrogen and oxygen atoms in total. The van der Waals surface area contributed by atoms with E-state index in [0.29, 0.717) is 29.6 Å². The smallest absolute Gasteiger partial charge is 0.410 e. The molecule has 0 spiro atoms. The number of rotatable bonds is 0. The second-order valence-corrected chi connectivity index (χ2v) is 5.37. The first-order valence-electron chi connectivity index (χ1n) is 4.80. The Hall–Kier alpha value is -0.410. The summed E-state index contributed by atoms with van der Waals surface area (Å²) in [5.74, 6) is 0. The Morgan fingerprint density at radius 2 is 1.93 bits per heavy atom. The molecule has 0 fully saturated rings. The van der Waals surface area contributed by atoms with Gasteiger partial charge in [0.1, 0.15) is 5.60 Å². The van der Waals surface area contributed by atoms with Crippen LogP contribution < -0.4 is 0 Å². The average Bonchev–Trinajstić information content (AvgIpc) is 2.06. The number of halogens is 2. The van der Waals surface area contributed by atoms with Crippen molar-refractivity contribution in [2.45, 2.75) is 32.8 Å². The van der Waals surface area contributed by atoms with Crippen molar-refractivity contribution in [3.63, 3.8) is 0 Å². The van der Waals surface area contributed by atoms with E-state index in [4.69, 9.17) is 27.9 Å². The third-order valence-corrected chi connectivity index (χ3v) is 2.74. The van der Waals surface area contributed by atoms with E-state index in [1.54, 1.807) is 4.90 Å². The standard InChI is InChI=1S/C10H15Cl2NO2/c1-10(2,3)15-9(14)13-5-4-7(11)8(12)6-13/h4-6H2,1-3H3. The van der Waals surface area contributed by atoms with Gasteiger partial charge in [0.25, 0.3) is 0 Å². The van der Waals surface area contributed by atoms with Crippen LogP contribution >= 0.6 is 23.2 Å². The fraction of sp³-hybridized carbons (Fsp3) is 0.700. The fourth-order valence-corrected chi connectivity index (χ4v) is 1.57. The largest absolute Gasteiger partial charge is 0.444 e. The van der Waals surface area contributed by atoms with Gasteiger partial charge in [0, 0.05) is 18.0 Å². The Bertz CT molecular complexity index is 294. The van der Waals surface area contributed by atoms with Gasteiger partial charge < -0.3 is 9.64 Å². The summed E-state index contributed by atoms with van der Waals surface area (Å²) >= 11 is 11.7. The van der Waals surface area contributed by atoms with Gasteiger partial charge in [-0.2, -0.15) is 0 Å². The van der Waals surface area contributed by atoms with Crippen LogP contribution in [0, 0.1) is 0 Å². The number of hydrogen-bond donors (Lipinski definition) is 0. The molecule has 0 aromatic rings. The molecule has 1 heterocycles. The van der Waals surface area contributed by atoms with Gasteiger partial charge in [0.2, 0.25) is 0 Å². The zero-order chi connectivity index (χ0) is 11.6. The average molecular weight is 252 g/mol. The molecule has 0 unspecified atom stereocenters. The zero-order valence-electron chi connectivity index (χ0n) is 9.14. The highest BCUT2D eigenvalue weighted by Crippen LogP contribution is 2.24. The van der Waals surface area contributed by atoms with Crippen molar-refractivity contribution in [3.05, 3.63) is 10.1 Å². The van der Waals surface area contributed by atoms with E-state index in [1.807, 2.05) is 20.8 Å². The van der Waals surface area contributed by atoms with Gasteiger partial charge in [-0.15, -0.1) is 0 Å². The Labute approximate surface area is 100.0 Å². The fourth-order valence-electron chi connectivity index (χ4n) is 1.18. The predicted molar refractivity (Wildman–Crippen MR) is 61.2 cm³/mol. The van der Waals surface area contributed by atoms with Crippen LogP contribution in [-0.4, -0.2) is 29.7 Å². The van der Waals surface area contributed by atoms with Gasteiger partial charge in [0.05, 0.1) is 11.6 Å². The minimum atomic E-state index is -0.478. The molecule has 0 aliphatic carbocycles. The molecule has 0 N–H and O–H groups in total. The Morgan fingerprint density at radius 3 is 2.40 bits per heavy atom. The summed E-state index contributed by atoms with van der Waals surface area (Å²) in [6.45, 7) is 6.40. The molecule has 0 aromatic carbocycles. The third kappa shape index (κ3) is 3.92. The van der Waals surface area contributed by atoms with E-state index < -0.39 is 5.60 Å².